The van der Waals surface area contributed by atoms with Crippen molar-refractivity contribution in [2.24, 2.45) is 0 Å². The maximum atomic E-state index is 12.0. The van der Waals surface area contributed by atoms with Crippen molar-refractivity contribution in [3.05, 3.63) is 0 Å². The lowest BCUT2D eigenvalue weighted by molar-refractivity contribution is -0.917. The molecule has 0 unspecified atom stereocenters. The van der Waals surface area contributed by atoms with Crippen molar-refractivity contribution in [3.63, 3.8) is 0 Å². The Morgan fingerprint density at radius 1 is 0.508 bits per heavy atom. The molecule has 0 aliphatic carbocycles. The highest BCUT2D eigenvalue weighted by Crippen LogP contribution is 2.09. The molecular weight excluding hydrogens is 861 g/mol. The number of unbranched alkanes of at least 4 members (excludes halogenated alkanes) is 4. The highest BCUT2D eigenvalue weighted by molar-refractivity contribution is 5.76. The van der Waals surface area contributed by atoms with Gasteiger partial charge in [0.1, 0.15) is 13.1 Å². The number of halogens is 1. The fourth-order valence-electron chi connectivity index (χ4n) is 5.51. The van der Waals surface area contributed by atoms with Gasteiger partial charge in [0.15, 0.2) is 0 Å². The van der Waals surface area contributed by atoms with Crippen LogP contribution in [0.2, 0.25) is 0 Å². The molecule has 0 fully saturated rings. The molecule has 0 aliphatic heterocycles. The van der Waals surface area contributed by atoms with E-state index in [4.69, 9.17) is 19.3 Å². The zero-order chi connectivity index (χ0) is 45.1. The maximum absolute atomic E-state index is 12.0. The number of carbonyl (C=O) groups is 4. The maximum Gasteiger partial charge on any atom is 0.305 e. The molecule has 342 valence electrons. The Labute approximate surface area is 379 Å². The molecule has 0 spiro atoms. The minimum Gasteiger partial charge on any atom is -1.00 e. The van der Waals surface area contributed by atoms with Gasteiger partial charge in [-0.2, -0.15) is 0 Å². The Balaban J connectivity index is -0.000000471. The SMILES string of the molecule is C#CCN(CCC(=O)NCCCCCC(=O)OC)CCC(=O)NCCCCCC(=O)OC.C#CC[N+](C)(C)C.C#CC[N+](C)(CCC[N+](C)(C)C)CCC[N+](C)(C)C.[I-]. The predicted molar refractivity (Wildman–Crippen MR) is 238 cm³/mol. The van der Waals surface area contributed by atoms with Crippen molar-refractivity contribution in [3.8, 4) is 37.0 Å². The fourth-order valence-corrected chi connectivity index (χ4v) is 5.51. The van der Waals surface area contributed by atoms with Crippen LogP contribution in [0.15, 0.2) is 0 Å². The molecule has 0 radical (unpaired) electrons. The Kier molecular flexibility index (Phi) is 39.2. The lowest BCUT2D eigenvalue weighted by Gasteiger charge is -2.35. The summed E-state index contributed by atoms with van der Waals surface area (Å²) >= 11 is 0. The van der Waals surface area contributed by atoms with E-state index in [1.165, 1.54) is 53.2 Å². The summed E-state index contributed by atoms with van der Waals surface area (Å²) < 4.78 is 13.1. The van der Waals surface area contributed by atoms with Gasteiger partial charge in [0.25, 0.3) is 0 Å². The number of hydrogen-bond donors (Lipinski definition) is 2. The lowest BCUT2D eigenvalue weighted by atomic mass is 10.2. The third kappa shape index (κ3) is 49.4. The molecule has 2 amide bonds. The van der Waals surface area contributed by atoms with Crippen LogP contribution in [-0.4, -0.2) is 203 Å². The van der Waals surface area contributed by atoms with Crippen LogP contribution in [0.1, 0.15) is 77.0 Å². The predicted octanol–water partition coefficient (Wildman–Crippen LogP) is -0.0104. The van der Waals surface area contributed by atoms with E-state index < -0.39 is 0 Å². The number of terminal acetylenes is 3. The number of hydrogen-bond acceptors (Lipinski definition) is 7. The molecule has 0 aromatic carbocycles. The molecule has 0 aromatic rings. The van der Waals surface area contributed by atoms with Gasteiger partial charge in [-0.1, -0.05) is 18.8 Å². The van der Waals surface area contributed by atoms with Crippen LogP contribution < -0.4 is 34.6 Å². The summed E-state index contributed by atoms with van der Waals surface area (Å²) in [5.41, 5.74) is 0. The van der Waals surface area contributed by atoms with Gasteiger partial charge in [-0.15, -0.1) is 19.3 Å². The van der Waals surface area contributed by atoms with Gasteiger partial charge in [-0.05, 0) is 37.5 Å². The molecule has 0 aromatic heterocycles. The van der Waals surface area contributed by atoms with E-state index in [-0.39, 0.29) is 47.7 Å². The second kappa shape index (κ2) is 36.9. The summed E-state index contributed by atoms with van der Waals surface area (Å²) in [7, 11) is 24.8. The lowest BCUT2D eigenvalue weighted by Crippen LogP contribution is -3.00. The van der Waals surface area contributed by atoms with E-state index in [1.54, 1.807) is 0 Å². The molecule has 0 saturated carbocycles. The van der Waals surface area contributed by atoms with E-state index in [1.807, 2.05) is 4.90 Å². The topological polar surface area (TPSA) is 114 Å². The monoisotopic (exact) mass is 949 g/mol. The van der Waals surface area contributed by atoms with Gasteiger partial charge < -0.3 is 62.0 Å². The molecule has 0 bridgehead atoms. The molecule has 14 heteroatoms. The van der Waals surface area contributed by atoms with Crippen molar-refractivity contribution in [2.75, 3.05) is 157 Å². The number of nitrogens with zero attached hydrogens (tertiary/aromatic N) is 5. The first-order chi connectivity index (χ1) is 27.0. The highest BCUT2D eigenvalue weighted by atomic mass is 127. The van der Waals surface area contributed by atoms with E-state index >= 15 is 0 Å². The average molecular weight is 949 g/mol. The van der Waals surface area contributed by atoms with Crippen molar-refractivity contribution in [1.29, 1.82) is 0 Å². The van der Waals surface area contributed by atoms with Gasteiger partial charge in [-0.3, -0.25) is 24.1 Å². The van der Waals surface area contributed by atoms with E-state index in [0.717, 1.165) is 69.5 Å². The molecule has 0 rings (SSSR count). The van der Waals surface area contributed by atoms with Crippen molar-refractivity contribution in [2.45, 2.75) is 77.0 Å². The van der Waals surface area contributed by atoms with Crippen LogP contribution in [0, 0.1) is 37.0 Å². The van der Waals surface area contributed by atoms with Crippen molar-refractivity contribution >= 4 is 23.8 Å². The normalized spacial score (nSPS) is 11.2. The first-order valence-electron chi connectivity index (χ1n) is 20.9. The zero-order valence-electron chi connectivity index (χ0n) is 39.6. The van der Waals surface area contributed by atoms with Crippen LogP contribution in [0.25, 0.3) is 0 Å². The zero-order valence-corrected chi connectivity index (χ0v) is 41.7. The quantitative estimate of drug-likeness (QED) is 0.0357. The van der Waals surface area contributed by atoms with E-state index in [2.05, 4.69) is 108 Å². The van der Waals surface area contributed by atoms with Crippen LogP contribution in [-0.2, 0) is 28.7 Å². The second-order valence-corrected chi connectivity index (χ2v) is 18.3. The molecule has 0 atom stereocenters. The second-order valence-electron chi connectivity index (χ2n) is 18.3. The summed E-state index contributed by atoms with van der Waals surface area (Å²) in [6, 6.07) is 0. The minimum absolute atomic E-state index is 0. The molecule has 59 heavy (non-hydrogen) atoms. The highest BCUT2D eigenvalue weighted by Gasteiger charge is 2.23. The van der Waals surface area contributed by atoms with Crippen LogP contribution in [0.4, 0.5) is 0 Å². The Bertz CT molecular complexity index is 1190. The molecule has 2 N–H and O–H groups in total. The number of rotatable bonds is 29. The molecule has 0 heterocycles. The van der Waals surface area contributed by atoms with Crippen molar-refractivity contribution < 1.29 is 70.6 Å². The summed E-state index contributed by atoms with van der Waals surface area (Å²) in [5, 5.41) is 5.72. The van der Waals surface area contributed by atoms with Crippen LogP contribution in [0.5, 0.6) is 0 Å². The van der Waals surface area contributed by atoms with Gasteiger partial charge in [0.05, 0.1) is 117 Å². The van der Waals surface area contributed by atoms with Gasteiger partial charge in [0, 0.05) is 64.7 Å². The van der Waals surface area contributed by atoms with Gasteiger partial charge in [0.2, 0.25) is 11.8 Å². The standard InChI is InChI=1S/C23H39N3O6.C16H36N3.C6H12N.HI/c1-4-17-26(18-13-20(27)24-15-9-5-7-11-22(29)31-2)19-14-21(28)25-16-10-6-8-12-23(30)32-3;1-9-12-19(8,15-10-13-17(2,3)4)16-11-14-18(5,6)7;1-5-6-7(2,3)4;/h1H,5-19H2,2-3H3,(H,24,27)(H,25,28);1H,10-16H2,2-8H3;1H,6H2,2-4H3;1H/q;+3;+1;/p-1. The molecule has 13 nitrogen and oxygen atoms in total. The molecule has 0 aliphatic rings. The van der Waals surface area contributed by atoms with Gasteiger partial charge in [-0.25, -0.2) is 0 Å². The number of carbonyl (C=O) groups excluding carboxylic acids is 4. The van der Waals surface area contributed by atoms with E-state index in [9.17, 15) is 19.2 Å². The average Bonchev–Trinajstić information content (AvgIpc) is 3.11. The summed E-state index contributed by atoms with van der Waals surface area (Å²) in [6.07, 6.45) is 24.7. The summed E-state index contributed by atoms with van der Waals surface area (Å²) in [4.78, 5) is 47.9. The number of methoxy groups -OCH3 is 2. The summed E-state index contributed by atoms with van der Waals surface area (Å²) in [6.45, 7) is 8.96. The third-order valence-corrected chi connectivity index (χ3v) is 8.93. The van der Waals surface area contributed by atoms with Crippen LogP contribution in [0.3, 0.4) is 0 Å². The molecular formula is C45H87IN7O6+3. The van der Waals surface area contributed by atoms with Crippen LogP contribution >= 0.6 is 0 Å². The Morgan fingerprint density at radius 3 is 1.19 bits per heavy atom. The van der Waals surface area contributed by atoms with Crippen molar-refractivity contribution in [1.82, 2.24) is 15.5 Å². The largest absolute Gasteiger partial charge is 1.00 e. The number of amides is 2. The third-order valence-electron chi connectivity index (χ3n) is 8.93. The van der Waals surface area contributed by atoms with Gasteiger partial charge >= 0.3 is 11.9 Å². The smallest absolute Gasteiger partial charge is 0.305 e. The first-order valence-corrected chi connectivity index (χ1v) is 20.9. The summed E-state index contributed by atoms with van der Waals surface area (Å²) in [5.74, 6) is 7.46. The first kappa shape index (κ1) is 62.7. The minimum atomic E-state index is -0.216. The molecule has 0 saturated heterocycles. The Hall–Kier alpha value is -2.91. The number of quaternary nitrogens is 4. The fraction of sp³-hybridized carbons (Fsp3) is 0.778. The number of nitrogens with one attached hydrogen (secondary N) is 2. The number of esters is 2. The number of ether oxygens (including phenoxy) is 2. The van der Waals surface area contributed by atoms with E-state index in [0.29, 0.717) is 58.4 Å². The Morgan fingerprint density at radius 2 is 0.898 bits per heavy atom.